The Morgan fingerprint density at radius 2 is 1.67 bits per heavy atom. The Labute approximate surface area is 131 Å². The summed E-state index contributed by atoms with van der Waals surface area (Å²) < 4.78 is 11.0. The summed E-state index contributed by atoms with van der Waals surface area (Å²) in [5.41, 5.74) is -0.0392. The Bertz CT molecular complexity index is 261. The topological polar surface area (TPSA) is 35.5 Å². The Hall–Kier alpha value is -0.410. The van der Waals surface area contributed by atoms with Crippen molar-refractivity contribution in [3.63, 3.8) is 0 Å². The van der Waals surface area contributed by atoms with Crippen LogP contribution in [0.5, 0.6) is 0 Å². The van der Waals surface area contributed by atoms with Gasteiger partial charge in [-0.05, 0) is 46.0 Å². The van der Waals surface area contributed by atoms with Crippen molar-refractivity contribution < 1.29 is 14.3 Å². The molecule has 126 valence electrons. The second kappa shape index (κ2) is 12.2. The summed E-state index contributed by atoms with van der Waals surface area (Å²) in [5.74, 6) is 0.797. The minimum atomic E-state index is -0.0392. The first-order valence-electron chi connectivity index (χ1n) is 8.49. The summed E-state index contributed by atoms with van der Waals surface area (Å²) in [7, 11) is 1.75. The standard InChI is InChI=1S/C18H36O3/c1-16(15-17(2)19)11-10-12-18(3,4)21-14-9-7-6-8-13-20-5/h16H,6-15H2,1-5H3. The summed E-state index contributed by atoms with van der Waals surface area (Å²) in [5, 5.41) is 0. The van der Waals surface area contributed by atoms with Crippen LogP contribution in [0.4, 0.5) is 0 Å². The van der Waals surface area contributed by atoms with E-state index in [1.807, 2.05) is 0 Å². The van der Waals surface area contributed by atoms with Gasteiger partial charge in [0.1, 0.15) is 5.78 Å². The van der Waals surface area contributed by atoms with E-state index in [-0.39, 0.29) is 5.60 Å². The summed E-state index contributed by atoms with van der Waals surface area (Å²) in [6, 6.07) is 0. The lowest BCUT2D eigenvalue weighted by molar-refractivity contribution is -0.117. The number of unbranched alkanes of at least 4 members (excludes halogenated alkanes) is 3. The van der Waals surface area contributed by atoms with Gasteiger partial charge in [0.15, 0.2) is 0 Å². The highest BCUT2D eigenvalue weighted by Gasteiger charge is 2.18. The zero-order valence-electron chi connectivity index (χ0n) is 14.9. The summed E-state index contributed by atoms with van der Waals surface area (Å²) in [6.07, 6.45) is 8.75. The summed E-state index contributed by atoms with van der Waals surface area (Å²) >= 11 is 0. The largest absolute Gasteiger partial charge is 0.385 e. The summed E-state index contributed by atoms with van der Waals surface area (Å²) in [4.78, 5) is 11.1. The number of ketones is 1. The molecule has 1 unspecified atom stereocenters. The van der Waals surface area contributed by atoms with Crippen molar-refractivity contribution in [1.82, 2.24) is 0 Å². The average Bonchev–Trinajstić information content (AvgIpc) is 2.36. The van der Waals surface area contributed by atoms with Crippen molar-refractivity contribution in [3.05, 3.63) is 0 Å². The van der Waals surface area contributed by atoms with Crippen molar-refractivity contribution in [1.29, 1.82) is 0 Å². The van der Waals surface area contributed by atoms with Crippen molar-refractivity contribution in [2.75, 3.05) is 20.3 Å². The molecule has 1 atom stereocenters. The molecule has 21 heavy (non-hydrogen) atoms. The number of rotatable bonds is 14. The Kier molecular flexibility index (Phi) is 11.9. The van der Waals surface area contributed by atoms with E-state index in [1.54, 1.807) is 14.0 Å². The van der Waals surface area contributed by atoms with Crippen LogP contribution in [0.25, 0.3) is 0 Å². The van der Waals surface area contributed by atoms with E-state index in [9.17, 15) is 4.79 Å². The van der Waals surface area contributed by atoms with Crippen LogP contribution < -0.4 is 0 Å². The lowest BCUT2D eigenvalue weighted by Crippen LogP contribution is -2.25. The highest BCUT2D eigenvalue weighted by atomic mass is 16.5. The number of hydrogen-bond donors (Lipinski definition) is 0. The molecule has 0 fully saturated rings. The quantitative estimate of drug-likeness (QED) is 0.433. The van der Waals surface area contributed by atoms with Gasteiger partial charge in [-0.25, -0.2) is 0 Å². The molecule has 0 aliphatic carbocycles. The van der Waals surface area contributed by atoms with Gasteiger partial charge >= 0.3 is 0 Å². The molecule has 3 nitrogen and oxygen atoms in total. The Morgan fingerprint density at radius 1 is 1.05 bits per heavy atom. The lowest BCUT2D eigenvalue weighted by Gasteiger charge is -2.26. The Balaban J connectivity index is 3.57. The van der Waals surface area contributed by atoms with Crippen molar-refractivity contribution in [2.45, 2.75) is 84.7 Å². The molecule has 3 heteroatoms. The molecular formula is C18H36O3. The molecule has 0 amide bonds. The van der Waals surface area contributed by atoms with Crippen molar-refractivity contribution in [2.24, 2.45) is 5.92 Å². The van der Waals surface area contributed by atoms with Gasteiger partial charge < -0.3 is 14.3 Å². The zero-order valence-corrected chi connectivity index (χ0v) is 14.9. The molecule has 0 aromatic rings. The first-order chi connectivity index (χ1) is 9.87. The third-order valence-electron chi connectivity index (χ3n) is 3.85. The summed E-state index contributed by atoms with van der Waals surface area (Å²) in [6.45, 7) is 9.90. The molecule has 0 aromatic carbocycles. The maximum atomic E-state index is 11.1. The monoisotopic (exact) mass is 300 g/mol. The lowest BCUT2D eigenvalue weighted by atomic mass is 9.94. The second-order valence-electron chi connectivity index (χ2n) is 6.92. The van der Waals surface area contributed by atoms with E-state index < -0.39 is 0 Å². The van der Waals surface area contributed by atoms with E-state index in [1.165, 1.54) is 12.8 Å². The maximum absolute atomic E-state index is 11.1. The third-order valence-corrected chi connectivity index (χ3v) is 3.85. The predicted molar refractivity (Wildman–Crippen MR) is 88.7 cm³/mol. The molecule has 0 aliphatic rings. The van der Waals surface area contributed by atoms with Gasteiger partial charge in [-0.2, -0.15) is 0 Å². The fourth-order valence-corrected chi connectivity index (χ4v) is 2.59. The molecule has 0 aliphatic heterocycles. The number of methoxy groups -OCH3 is 1. The highest BCUT2D eigenvalue weighted by molar-refractivity contribution is 5.75. The van der Waals surface area contributed by atoms with Gasteiger partial charge in [-0.3, -0.25) is 0 Å². The smallest absolute Gasteiger partial charge is 0.130 e. The SMILES string of the molecule is COCCCCCCOC(C)(C)CCCC(C)CC(C)=O. The number of carbonyl (C=O) groups is 1. The minimum Gasteiger partial charge on any atom is -0.385 e. The molecule has 0 heterocycles. The van der Waals surface area contributed by atoms with Crippen LogP contribution in [0.2, 0.25) is 0 Å². The highest BCUT2D eigenvalue weighted by Crippen LogP contribution is 2.21. The molecular weight excluding hydrogens is 264 g/mol. The first-order valence-corrected chi connectivity index (χ1v) is 8.49. The first kappa shape index (κ1) is 20.6. The molecule has 0 aromatic heterocycles. The molecule has 0 spiro atoms. The zero-order chi connectivity index (χ0) is 16.1. The number of carbonyl (C=O) groups excluding carboxylic acids is 1. The molecule has 0 radical (unpaired) electrons. The predicted octanol–water partition coefficient (Wildman–Crippen LogP) is 4.77. The van der Waals surface area contributed by atoms with Gasteiger partial charge in [0, 0.05) is 26.7 Å². The van der Waals surface area contributed by atoms with Crippen molar-refractivity contribution in [3.8, 4) is 0 Å². The van der Waals surface area contributed by atoms with Gasteiger partial charge in [-0.15, -0.1) is 0 Å². The van der Waals surface area contributed by atoms with Crippen LogP contribution in [-0.4, -0.2) is 31.7 Å². The van der Waals surface area contributed by atoms with Crippen LogP contribution in [0.15, 0.2) is 0 Å². The van der Waals surface area contributed by atoms with E-state index in [0.717, 1.165) is 45.3 Å². The fraction of sp³-hybridized carbons (Fsp3) is 0.944. The normalized spacial score (nSPS) is 13.4. The van der Waals surface area contributed by atoms with E-state index in [2.05, 4.69) is 20.8 Å². The maximum Gasteiger partial charge on any atom is 0.130 e. The number of Topliss-reactive ketones (excluding diaryl/α,β-unsaturated/α-hetero) is 1. The molecule has 0 rings (SSSR count). The molecule has 0 saturated carbocycles. The Morgan fingerprint density at radius 3 is 2.24 bits per heavy atom. The van der Waals surface area contributed by atoms with Gasteiger partial charge in [-0.1, -0.05) is 32.6 Å². The molecule has 0 N–H and O–H groups in total. The van der Waals surface area contributed by atoms with Gasteiger partial charge in [0.25, 0.3) is 0 Å². The molecule has 0 bridgehead atoms. The molecule has 0 saturated heterocycles. The van der Waals surface area contributed by atoms with Crippen molar-refractivity contribution >= 4 is 5.78 Å². The minimum absolute atomic E-state index is 0.0392. The van der Waals surface area contributed by atoms with E-state index in [0.29, 0.717) is 18.1 Å². The van der Waals surface area contributed by atoms with E-state index in [4.69, 9.17) is 9.47 Å². The van der Waals surface area contributed by atoms with E-state index >= 15 is 0 Å². The number of hydrogen-bond acceptors (Lipinski definition) is 3. The van der Waals surface area contributed by atoms with Crippen LogP contribution in [0, 0.1) is 5.92 Å². The van der Waals surface area contributed by atoms with Crippen LogP contribution >= 0.6 is 0 Å². The number of ether oxygens (including phenoxy) is 2. The average molecular weight is 300 g/mol. The second-order valence-corrected chi connectivity index (χ2v) is 6.92. The van der Waals surface area contributed by atoms with Gasteiger partial charge in [0.05, 0.1) is 5.60 Å². The fourth-order valence-electron chi connectivity index (χ4n) is 2.59. The van der Waals surface area contributed by atoms with Crippen LogP contribution in [-0.2, 0) is 14.3 Å². The van der Waals surface area contributed by atoms with Crippen LogP contribution in [0.3, 0.4) is 0 Å². The van der Waals surface area contributed by atoms with Gasteiger partial charge in [0.2, 0.25) is 0 Å². The third kappa shape index (κ3) is 14.3. The van der Waals surface area contributed by atoms with Crippen LogP contribution in [0.1, 0.15) is 79.1 Å².